The van der Waals surface area contributed by atoms with Crippen molar-refractivity contribution < 1.29 is 14.6 Å². The first-order valence-electron chi connectivity index (χ1n) is 5.99. The van der Waals surface area contributed by atoms with Crippen molar-refractivity contribution in [1.82, 2.24) is 0 Å². The van der Waals surface area contributed by atoms with Gasteiger partial charge in [0, 0.05) is 0 Å². The SMILES string of the molecule is COc1ccc(CC(CC(C)C)C(=O)O)cc1Cl. The van der Waals surface area contributed by atoms with Crippen molar-refractivity contribution in [3.8, 4) is 5.75 Å². The van der Waals surface area contributed by atoms with Crippen molar-refractivity contribution in [2.75, 3.05) is 7.11 Å². The zero-order chi connectivity index (χ0) is 13.7. The Morgan fingerprint density at radius 2 is 2.11 bits per heavy atom. The lowest BCUT2D eigenvalue weighted by atomic mass is 9.91. The molecule has 0 fully saturated rings. The van der Waals surface area contributed by atoms with Gasteiger partial charge in [0.05, 0.1) is 18.1 Å². The molecule has 1 N–H and O–H groups in total. The third-order valence-corrected chi connectivity index (χ3v) is 3.10. The van der Waals surface area contributed by atoms with E-state index in [0.29, 0.717) is 29.5 Å². The van der Waals surface area contributed by atoms with Gasteiger partial charge < -0.3 is 9.84 Å². The monoisotopic (exact) mass is 270 g/mol. The average Bonchev–Trinajstić information content (AvgIpc) is 2.27. The normalized spacial score (nSPS) is 12.5. The molecule has 0 aliphatic rings. The topological polar surface area (TPSA) is 46.5 Å². The van der Waals surface area contributed by atoms with Crippen LogP contribution in [0.4, 0.5) is 0 Å². The quantitative estimate of drug-likeness (QED) is 0.858. The van der Waals surface area contributed by atoms with E-state index in [9.17, 15) is 9.90 Å². The number of benzene rings is 1. The number of rotatable bonds is 6. The molecule has 0 aliphatic carbocycles. The molecule has 18 heavy (non-hydrogen) atoms. The molecule has 1 unspecified atom stereocenters. The van der Waals surface area contributed by atoms with Gasteiger partial charge in [0.2, 0.25) is 0 Å². The number of ether oxygens (including phenoxy) is 1. The minimum atomic E-state index is -0.754. The summed E-state index contributed by atoms with van der Waals surface area (Å²) in [6.45, 7) is 4.05. The summed E-state index contributed by atoms with van der Waals surface area (Å²) in [6, 6.07) is 5.41. The van der Waals surface area contributed by atoms with E-state index in [1.54, 1.807) is 19.2 Å². The van der Waals surface area contributed by atoms with Crippen molar-refractivity contribution in [2.45, 2.75) is 26.7 Å². The fourth-order valence-electron chi connectivity index (χ4n) is 1.96. The highest BCUT2D eigenvalue weighted by molar-refractivity contribution is 6.32. The highest BCUT2D eigenvalue weighted by Crippen LogP contribution is 2.27. The second-order valence-corrected chi connectivity index (χ2v) is 5.24. The molecule has 0 aromatic heterocycles. The first-order valence-corrected chi connectivity index (χ1v) is 6.37. The third kappa shape index (κ3) is 4.22. The van der Waals surface area contributed by atoms with Crippen LogP contribution in [0.25, 0.3) is 0 Å². The second kappa shape index (κ2) is 6.64. The summed E-state index contributed by atoms with van der Waals surface area (Å²) in [5.74, 6) is -0.152. The van der Waals surface area contributed by atoms with E-state index in [0.717, 1.165) is 5.56 Å². The van der Waals surface area contributed by atoms with Crippen LogP contribution >= 0.6 is 11.6 Å². The Morgan fingerprint density at radius 1 is 1.44 bits per heavy atom. The zero-order valence-electron chi connectivity index (χ0n) is 10.9. The minimum absolute atomic E-state index is 0.361. The first kappa shape index (κ1) is 14.8. The molecule has 0 aliphatic heterocycles. The third-order valence-electron chi connectivity index (χ3n) is 2.80. The zero-order valence-corrected chi connectivity index (χ0v) is 11.7. The molecule has 1 rings (SSSR count). The van der Waals surface area contributed by atoms with Crippen LogP contribution in [-0.2, 0) is 11.2 Å². The molecular weight excluding hydrogens is 252 g/mol. The van der Waals surface area contributed by atoms with Gasteiger partial charge in [-0.25, -0.2) is 0 Å². The summed E-state index contributed by atoms with van der Waals surface area (Å²) in [4.78, 5) is 11.2. The van der Waals surface area contributed by atoms with Gasteiger partial charge in [0.25, 0.3) is 0 Å². The number of carbonyl (C=O) groups is 1. The van der Waals surface area contributed by atoms with Gasteiger partial charge in [0.1, 0.15) is 5.75 Å². The standard InChI is InChI=1S/C14H19ClO3/c1-9(2)6-11(14(16)17)7-10-4-5-13(18-3)12(15)8-10/h4-5,8-9,11H,6-7H2,1-3H3,(H,16,17). The molecule has 0 saturated carbocycles. The van der Waals surface area contributed by atoms with Crippen molar-refractivity contribution in [2.24, 2.45) is 11.8 Å². The Labute approximate surface area is 113 Å². The largest absolute Gasteiger partial charge is 0.495 e. The highest BCUT2D eigenvalue weighted by atomic mass is 35.5. The van der Waals surface area contributed by atoms with Gasteiger partial charge in [-0.1, -0.05) is 31.5 Å². The van der Waals surface area contributed by atoms with E-state index < -0.39 is 5.97 Å². The maximum atomic E-state index is 11.2. The Hall–Kier alpha value is -1.22. The van der Waals surface area contributed by atoms with Crippen LogP contribution in [0, 0.1) is 11.8 Å². The number of hydrogen-bond acceptors (Lipinski definition) is 2. The summed E-state index contributed by atoms with van der Waals surface area (Å²) in [5.41, 5.74) is 0.925. The lowest BCUT2D eigenvalue weighted by Gasteiger charge is -2.15. The predicted octanol–water partition coefficient (Wildman–Crippen LogP) is 3.64. The molecule has 1 atom stereocenters. The van der Waals surface area contributed by atoms with Gasteiger partial charge in [0.15, 0.2) is 0 Å². The van der Waals surface area contributed by atoms with Crippen LogP contribution in [0.2, 0.25) is 5.02 Å². The summed E-state index contributed by atoms with van der Waals surface area (Å²) in [6.07, 6.45) is 1.16. The average molecular weight is 271 g/mol. The molecule has 0 amide bonds. The lowest BCUT2D eigenvalue weighted by molar-refractivity contribution is -0.142. The number of aliphatic carboxylic acids is 1. The fourth-order valence-corrected chi connectivity index (χ4v) is 2.24. The Morgan fingerprint density at radius 3 is 2.56 bits per heavy atom. The van der Waals surface area contributed by atoms with Crippen LogP contribution < -0.4 is 4.74 Å². The van der Waals surface area contributed by atoms with Crippen molar-refractivity contribution in [3.05, 3.63) is 28.8 Å². The number of hydrogen-bond donors (Lipinski definition) is 1. The summed E-state index contributed by atoms with van der Waals surface area (Å²) in [7, 11) is 1.56. The van der Waals surface area contributed by atoms with E-state index in [1.807, 2.05) is 19.9 Å². The first-order chi connectivity index (χ1) is 8.43. The van der Waals surface area contributed by atoms with Crippen LogP contribution in [0.3, 0.4) is 0 Å². The minimum Gasteiger partial charge on any atom is -0.495 e. The highest BCUT2D eigenvalue weighted by Gasteiger charge is 2.19. The Balaban J connectivity index is 2.81. The molecule has 3 nitrogen and oxygen atoms in total. The predicted molar refractivity (Wildman–Crippen MR) is 72.3 cm³/mol. The maximum absolute atomic E-state index is 11.2. The Bertz CT molecular complexity index is 416. The number of carboxylic acid groups (broad SMARTS) is 1. The van der Waals surface area contributed by atoms with Crippen LogP contribution in [0.15, 0.2) is 18.2 Å². The molecule has 0 saturated heterocycles. The second-order valence-electron chi connectivity index (χ2n) is 4.84. The number of halogens is 1. The van der Waals surface area contributed by atoms with Crippen molar-refractivity contribution in [3.63, 3.8) is 0 Å². The van der Waals surface area contributed by atoms with E-state index >= 15 is 0 Å². The number of methoxy groups -OCH3 is 1. The summed E-state index contributed by atoms with van der Waals surface area (Å²) >= 11 is 6.03. The van der Waals surface area contributed by atoms with Crippen LogP contribution in [0.1, 0.15) is 25.8 Å². The molecule has 0 spiro atoms. The maximum Gasteiger partial charge on any atom is 0.306 e. The van der Waals surface area contributed by atoms with E-state index in [2.05, 4.69) is 0 Å². The van der Waals surface area contributed by atoms with Gasteiger partial charge >= 0.3 is 5.97 Å². The Kier molecular flexibility index (Phi) is 5.48. The molecule has 1 aromatic carbocycles. The van der Waals surface area contributed by atoms with Crippen molar-refractivity contribution >= 4 is 17.6 Å². The summed E-state index contributed by atoms with van der Waals surface area (Å²) in [5, 5.41) is 9.71. The summed E-state index contributed by atoms with van der Waals surface area (Å²) < 4.78 is 5.07. The smallest absolute Gasteiger partial charge is 0.306 e. The van der Waals surface area contributed by atoms with Crippen LogP contribution in [0.5, 0.6) is 5.75 Å². The van der Waals surface area contributed by atoms with Crippen LogP contribution in [-0.4, -0.2) is 18.2 Å². The van der Waals surface area contributed by atoms with E-state index in [1.165, 1.54) is 0 Å². The number of carboxylic acids is 1. The van der Waals surface area contributed by atoms with Gasteiger partial charge in [-0.2, -0.15) is 0 Å². The lowest BCUT2D eigenvalue weighted by Crippen LogP contribution is -2.18. The van der Waals surface area contributed by atoms with Gasteiger partial charge in [-0.05, 0) is 36.5 Å². The molecule has 100 valence electrons. The molecule has 4 heteroatoms. The molecule has 0 radical (unpaired) electrons. The van der Waals surface area contributed by atoms with Crippen molar-refractivity contribution in [1.29, 1.82) is 0 Å². The molecule has 1 aromatic rings. The molecular formula is C14H19ClO3. The van der Waals surface area contributed by atoms with Gasteiger partial charge in [-0.15, -0.1) is 0 Å². The fraction of sp³-hybridized carbons (Fsp3) is 0.500. The van der Waals surface area contributed by atoms with Gasteiger partial charge in [-0.3, -0.25) is 4.79 Å². The molecule has 0 heterocycles. The molecule has 0 bridgehead atoms. The van der Waals surface area contributed by atoms with E-state index in [4.69, 9.17) is 16.3 Å². The van der Waals surface area contributed by atoms with E-state index in [-0.39, 0.29) is 5.92 Å².